The molecule has 0 aliphatic carbocycles. The zero-order valence-electron chi connectivity index (χ0n) is 21.6. The van der Waals surface area contributed by atoms with E-state index in [0.717, 1.165) is 36.8 Å². The van der Waals surface area contributed by atoms with Crippen molar-refractivity contribution in [3.63, 3.8) is 0 Å². The number of thioether (sulfide) groups is 1. The molecule has 2 aliphatic heterocycles. The molecule has 0 spiro atoms. The molecule has 2 saturated heterocycles. The molecule has 2 fully saturated rings. The molecule has 2 amide bonds. The lowest BCUT2D eigenvalue weighted by Crippen LogP contribution is -2.54. The number of carbonyl (C=O) groups is 2. The molecule has 202 valence electrons. The van der Waals surface area contributed by atoms with E-state index in [1.807, 2.05) is 28.8 Å². The molecule has 37 heavy (non-hydrogen) atoms. The topological polar surface area (TPSA) is 65.1 Å². The van der Waals surface area contributed by atoms with E-state index in [2.05, 4.69) is 36.2 Å². The van der Waals surface area contributed by atoms with Crippen LogP contribution in [0.5, 0.6) is 0 Å². The van der Waals surface area contributed by atoms with Crippen LogP contribution in [-0.2, 0) is 17.8 Å². The summed E-state index contributed by atoms with van der Waals surface area (Å²) in [6.07, 6.45) is 0. The Labute approximate surface area is 229 Å². The van der Waals surface area contributed by atoms with Gasteiger partial charge in [-0.25, -0.2) is 14.0 Å². The summed E-state index contributed by atoms with van der Waals surface area (Å²) in [6.45, 7) is 8.65. The predicted molar refractivity (Wildman–Crippen MR) is 149 cm³/mol. The van der Waals surface area contributed by atoms with E-state index in [1.54, 1.807) is 11.0 Å². The Hall–Kier alpha value is -2.33. The number of anilines is 1. The zero-order chi connectivity index (χ0) is 25.7. The van der Waals surface area contributed by atoms with Crippen LogP contribution in [0.2, 0.25) is 0 Å². The third-order valence-corrected chi connectivity index (χ3v) is 7.88. The van der Waals surface area contributed by atoms with Crippen LogP contribution >= 0.6 is 24.2 Å². The minimum Gasteiger partial charge on any atom is -0.465 e. The predicted octanol–water partition coefficient (Wildman–Crippen LogP) is 4.39. The molecular weight excluding hydrogens is 515 g/mol. The smallest absolute Gasteiger partial charge is 0.337 e. The van der Waals surface area contributed by atoms with Crippen LogP contribution in [0.25, 0.3) is 0 Å². The average molecular weight is 551 g/mol. The number of benzene rings is 2. The molecule has 4 rings (SSSR count). The molecule has 1 N–H and O–H groups in total. The minimum atomic E-state index is -0.595. The van der Waals surface area contributed by atoms with Crippen molar-refractivity contribution >= 4 is 41.9 Å². The number of hydrogen-bond acceptors (Lipinski definition) is 6. The number of nitrogens with zero attached hydrogens (tertiary/aromatic N) is 3. The number of carbonyl (C=O) groups excluding carboxylic acids is 2. The number of methoxy groups -OCH3 is 1. The fraction of sp³-hybridized carbons (Fsp3) is 0.481. The molecule has 2 aliphatic rings. The Morgan fingerprint density at radius 2 is 1.73 bits per heavy atom. The third kappa shape index (κ3) is 7.16. The Kier molecular flexibility index (Phi) is 10.6. The van der Waals surface area contributed by atoms with Gasteiger partial charge < -0.3 is 15.0 Å². The Morgan fingerprint density at radius 1 is 1.08 bits per heavy atom. The molecule has 7 nitrogen and oxygen atoms in total. The van der Waals surface area contributed by atoms with Gasteiger partial charge in [-0.05, 0) is 43.7 Å². The van der Waals surface area contributed by atoms with Crippen molar-refractivity contribution in [1.82, 2.24) is 15.1 Å². The first-order valence-corrected chi connectivity index (χ1v) is 13.6. The van der Waals surface area contributed by atoms with E-state index in [0.29, 0.717) is 30.7 Å². The highest BCUT2D eigenvalue weighted by Crippen LogP contribution is 2.25. The number of amides is 2. The van der Waals surface area contributed by atoms with Gasteiger partial charge in [-0.15, -0.1) is 12.4 Å². The summed E-state index contributed by atoms with van der Waals surface area (Å²) >= 11 is 1.83. The number of nitrogens with one attached hydrogen (secondary N) is 1. The second-order valence-corrected chi connectivity index (χ2v) is 10.7. The highest BCUT2D eigenvalue weighted by molar-refractivity contribution is 7.99. The molecule has 2 atom stereocenters. The summed E-state index contributed by atoms with van der Waals surface area (Å²) in [4.78, 5) is 31.3. The fourth-order valence-corrected chi connectivity index (χ4v) is 5.66. The van der Waals surface area contributed by atoms with Crippen molar-refractivity contribution < 1.29 is 18.7 Å². The standard InChI is InChI=1S/C27H35FN4O3S.ClH/c1-19-15-29-16-20(2)31(19)17-21-4-8-24(9-5-21)32(27(34)30-10-12-36-13-11-30)18-23-7-6-22(14-25(23)28)26(33)35-3;/h4-9,14,19-20,29H,10-13,15-18H2,1-3H3;1H/t19-,20+;. The highest BCUT2D eigenvalue weighted by atomic mass is 35.5. The minimum absolute atomic E-state index is 0. The van der Waals surface area contributed by atoms with Crippen molar-refractivity contribution in [2.24, 2.45) is 0 Å². The van der Waals surface area contributed by atoms with Crippen LogP contribution in [0.1, 0.15) is 35.3 Å². The van der Waals surface area contributed by atoms with E-state index < -0.39 is 11.8 Å². The maximum atomic E-state index is 15.0. The van der Waals surface area contributed by atoms with Crippen molar-refractivity contribution in [2.45, 2.75) is 39.0 Å². The lowest BCUT2D eigenvalue weighted by Gasteiger charge is -2.39. The summed E-state index contributed by atoms with van der Waals surface area (Å²) in [7, 11) is 1.26. The zero-order valence-corrected chi connectivity index (χ0v) is 23.2. The number of hydrogen-bond donors (Lipinski definition) is 1. The quantitative estimate of drug-likeness (QED) is 0.538. The molecule has 2 aromatic carbocycles. The highest BCUT2D eigenvalue weighted by Gasteiger charge is 2.27. The number of ether oxygens (including phenoxy) is 1. The number of piperazine rings is 1. The normalized spacial score (nSPS) is 20.2. The summed E-state index contributed by atoms with van der Waals surface area (Å²) in [6, 6.07) is 13.0. The molecule has 2 heterocycles. The lowest BCUT2D eigenvalue weighted by atomic mass is 10.1. The van der Waals surface area contributed by atoms with Gasteiger partial charge in [0.15, 0.2) is 0 Å². The first-order valence-electron chi connectivity index (χ1n) is 12.4. The van der Waals surface area contributed by atoms with E-state index in [1.165, 1.54) is 24.8 Å². The largest absolute Gasteiger partial charge is 0.465 e. The van der Waals surface area contributed by atoms with Gasteiger partial charge in [0.1, 0.15) is 5.82 Å². The fourth-order valence-electron chi connectivity index (χ4n) is 4.76. The Morgan fingerprint density at radius 3 is 2.32 bits per heavy atom. The van der Waals surface area contributed by atoms with E-state index in [4.69, 9.17) is 4.74 Å². The van der Waals surface area contributed by atoms with E-state index in [9.17, 15) is 14.0 Å². The summed E-state index contributed by atoms with van der Waals surface area (Å²) in [5, 5.41) is 3.46. The lowest BCUT2D eigenvalue weighted by molar-refractivity contribution is 0.0600. The monoisotopic (exact) mass is 550 g/mol. The van der Waals surface area contributed by atoms with Gasteiger partial charge in [0.2, 0.25) is 0 Å². The molecule has 0 bridgehead atoms. The SMILES string of the molecule is COC(=O)c1ccc(CN(C(=O)N2CCSCC2)c2ccc(CN3[C@H](C)CNC[C@@H]3C)cc2)c(F)c1.Cl. The number of halogens is 2. The van der Waals surface area contributed by atoms with E-state index in [-0.39, 0.29) is 30.5 Å². The van der Waals surface area contributed by atoms with Gasteiger partial charge in [0.25, 0.3) is 0 Å². The second kappa shape index (κ2) is 13.5. The van der Waals surface area contributed by atoms with E-state index >= 15 is 0 Å². The van der Waals surface area contributed by atoms with Crippen molar-refractivity contribution in [3.05, 3.63) is 65.0 Å². The number of urea groups is 1. The number of esters is 1. The average Bonchev–Trinajstić information content (AvgIpc) is 2.90. The van der Waals surface area contributed by atoms with Gasteiger partial charge >= 0.3 is 12.0 Å². The van der Waals surface area contributed by atoms with Gasteiger partial charge in [-0.2, -0.15) is 11.8 Å². The van der Waals surface area contributed by atoms with Crippen molar-refractivity contribution in [2.75, 3.05) is 49.7 Å². The summed E-state index contributed by atoms with van der Waals surface area (Å²) in [5.41, 5.74) is 2.38. The van der Waals surface area contributed by atoms with Crippen molar-refractivity contribution in [3.8, 4) is 0 Å². The molecule has 0 aromatic heterocycles. The van der Waals surface area contributed by atoms with Crippen LogP contribution < -0.4 is 10.2 Å². The van der Waals surface area contributed by atoms with Crippen LogP contribution in [-0.4, -0.2) is 78.7 Å². The van der Waals surface area contributed by atoms with Crippen LogP contribution in [0.4, 0.5) is 14.9 Å². The van der Waals surface area contributed by atoms with Gasteiger partial charge in [0, 0.05) is 67.6 Å². The number of rotatable bonds is 6. The molecule has 0 radical (unpaired) electrons. The second-order valence-electron chi connectivity index (χ2n) is 9.46. The molecular formula is C27H36ClFN4O3S. The maximum absolute atomic E-state index is 15.0. The molecule has 10 heteroatoms. The van der Waals surface area contributed by atoms with Gasteiger partial charge in [-0.3, -0.25) is 9.80 Å². The van der Waals surface area contributed by atoms with Crippen molar-refractivity contribution in [1.29, 1.82) is 0 Å². The molecule has 2 aromatic rings. The first-order chi connectivity index (χ1) is 17.4. The Bertz CT molecular complexity index is 1060. The van der Waals surface area contributed by atoms with Crippen LogP contribution in [0, 0.1) is 5.82 Å². The third-order valence-electron chi connectivity index (χ3n) is 6.94. The van der Waals surface area contributed by atoms with Gasteiger partial charge in [-0.1, -0.05) is 18.2 Å². The molecule has 0 unspecified atom stereocenters. The van der Waals surface area contributed by atoms with Crippen LogP contribution in [0.3, 0.4) is 0 Å². The Balaban J connectivity index is 0.00000380. The maximum Gasteiger partial charge on any atom is 0.337 e. The summed E-state index contributed by atoms with van der Waals surface area (Å²) < 4.78 is 19.6. The first kappa shape index (κ1) is 29.2. The molecule has 0 saturated carbocycles. The van der Waals surface area contributed by atoms with Gasteiger partial charge in [0.05, 0.1) is 19.2 Å². The summed E-state index contributed by atoms with van der Waals surface area (Å²) in [5.74, 6) is 0.648. The van der Waals surface area contributed by atoms with Crippen LogP contribution in [0.15, 0.2) is 42.5 Å².